The van der Waals surface area contributed by atoms with E-state index in [-0.39, 0.29) is 25.0 Å². The van der Waals surface area contributed by atoms with Crippen LogP contribution in [-0.2, 0) is 14.3 Å². The van der Waals surface area contributed by atoms with Crippen molar-refractivity contribution in [1.82, 2.24) is 4.90 Å². The number of carbonyl (C=O) groups excluding carboxylic acids is 2. The van der Waals surface area contributed by atoms with Crippen molar-refractivity contribution in [2.45, 2.75) is 0 Å². The molecule has 0 radical (unpaired) electrons. The van der Waals surface area contributed by atoms with Gasteiger partial charge in [0, 0.05) is 17.8 Å². The van der Waals surface area contributed by atoms with Crippen molar-refractivity contribution in [3.63, 3.8) is 0 Å². The number of amides is 2. The highest BCUT2D eigenvalue weighted by molar-refractivity contribution is 6.30. The van der Waals surface area contributed by atoms with Gasteiger partial charge in [0.1, 0.15) is 13.2 Å². The Morgan fingerprint density at radius 2 is 2.10 bits per heavy atom. The number of nitrogens with two attached hydrogens (primary N) is 1. The van der Waals surface area contributed by atoms with Crippen molar-refractivity contribution >= 4 is 29.1 Å². The number of carbonyl (C=O) groups is 2. The molecule has 0 unspecified atom stereocenters. The zero-order valence-electron chi connectivity index (χ0n) is 11.9. The molecule has 6 nitrogen and oxygen atoms in total. The lowest BCUT2D eigenvalue weighted by molar-refractivity contribution is -0.645. The number of ether oxygens (including phenoxy) is 1. The number of nitrogens with zero attached hydrogens (tertiary/aromatic N) is 2. The maximum absolute atomic E-state index is 12.0. The maximum atomic E-state index is 12.0. The molecule has 0 spiro atoms. The van der Waals surface area contributed by atoms with Crippen LogP contribution in [0.1, 0.15) is 0 Å². The molecule has 1 aromatic rings. The fourth-order valence-corrected chi connectivity index (χ4v) is 2.24. The summed E-state index contributed by atoms with van der Waals surface area (Å²) in [5.41, 5.74) is 0.753. The molecule has 2 N–H and O–H groups in total. The number of anilines is 1. The Hall–Kier alpha value is -1.63. The van der Waals surface area contributed by atoms with E-state index >= 15 is 0 Å². The molecule has 1 aliphatic rings. The fourth-order valence-electron chi connectivity index (χ4n) is 2.12. The second-order valence-electron chi connectivity index (χ2n) is 4.81. The van der Waals surface area contributed by atoms with E-state index in [1.54, 1.807) is 41.2 Å². The highest BCUT2D eigenvalue weighted by Crippen LogP contribution is 2.21. The van der Waals surface area contributed by atoms with Crippen molar-refractivity contribution in [2.24, 2.45) is 0 Å². The van der Waals surface area contributed by atoms with Gasteiger partial charge in [-0.2, -0.15) is 0 Å². The summed E-state index contributed by atoms with van der Waals surface area (Å²) in [6, 6.07) is 7.01. The van der Waals surface area contributed by atoms with Crippen LogP contribution < -0.4 is 10.2 Å². The Bertz CT molecular complexity index is 507. The van der Waals surface area contributed by atoms with Gasteiger partial charge in [-0.1, -0.05) is 11.6 Å². The van der Waals surface area contributed by atoms with E-state index in [1.165, 1.54) is 0 Å². The number of hydrogen-bond donors (Lipinski definition) is 1. The molecule has 1 fully saturated rings. The lowest BCUT2D eigenvalue weighted by Gasteiger charge is -2.17. The van der Waals surface area contributed by atoms with Crippen molar-refractivity contribution in [3.8, 4) is 0 Å². The predicted octanol–water partition coefficient (Wildman–Crippen LogP) is -0.317. The predicted molar refractivity (Wildman–Crippen MR) is 79.1 cm³/mol. The highest BCUT2D eigenvalue weighted by Gasteiger charge is 2.32. The Labute approximate surface area is 128 Å². The molecule has 0 aromatic heterocycles. The van der Waals surface area contributed by atoms with E-state index in [2.05, 4.69) is 0 Å². The van der Waals surface area contributed by atoms with Gasteiger partial charge in [-0.15, -0.1) is 0 Å². The minimum absolute atomic E-state index is 0.0454. The molecule has 114 valence electrons. The number of quaternary nitrogens is 1. The second kappa shape index (κ2) is 7.40. The van der Waals surface area contributed by atoms with E-state index in [4.69, 9.17) is 16.3 Å². The maximum Gasteiger partial charge on any atom is 0.279 e. The molecule has 7 heteroatoms. The van der Waals surface area contributed by atoms with Crippen molar-refractivity contribution < 1.29 is 19.6 Å². The molecule has 1 aromatic carbocycles. The van der Waals surface area contributed by atoms with E-state index in [9.17, 15) is 9.59 Å². The summed E-state index contributed by atoms with van der Waals surface area (Å²) in [5, 5.41) is 2.49. The van der Waals surface area contributed by atoms with Gasteiger partial charge in [-0.25, -0.2) is 0 Å². The van der Waals surface area contributed by atoms with E-state index in [1.807, 2.05) is 5.32 Å². The molecule has 0 atom stereocenters. The summed E-state index contributed by atoms with van der Waals surface area (Å²) in [6.45, 7) is 2.07. The smallest absolute Gasteiger partial charge is 0.279 e. The lowest BCUT2D eigenvalue weighted by Crippen LogP contribution is -2.87. The Morgan fingerprint density at radius 1 is 1.38 bits per heavy atom. The first-order valence-corrected chi connectivity index (χ1v) is 7.14. The standard InChI is InChI=1S/C14H18ClN3O3/c1-21-7-6-16-8-13(19)17-9-14(20)18(10-17)12-4-2-11(15)3-5-12/h2-5,16H,6-10H2,1H3/p+1. The minimum Gasteiger partial charge on any atom is -0.379 e. The molecule has 0 saturated carbocycles. The van der Waals surface area contributed by atoms with Crippen molar-refractivity contribution in [2.75, 3.05) is 44.9 Å². The minimum atomic E-state index is -0.0810. The van der Waals surface area contributed by atoms with Crippen LogP contribution in [0.2, 0.25) is 5.02 Å². The molecule has 21 heavy (non-hydrogen) atoms. The second-order valence-corrected chi connectivity index (χ2v) is 5.24. The molecule has 2 amide bonds. The van der Waals surface area contributed by atoms with Gasteiger partial charge in [-0.05, 0) is 24.3 Å². The average Bonchev–Trinajstić information content (AvgIpc) is 2.86. The monoisotopic (exact) mass is 312 g/mol. The largest absolute Gasteiger partial charge is 0.379 e. The van der Waals surface area contributed by atoms with Crippen LogP contribution in [0.3, 0.4) is 0 Å². The number of rotatable bonds is 6. The third-order valence-electron chi connectivity index (χ3n) is 3.28. The Morgan fingerprint density at radius 3 is 2.76 bits per heavy atom. The van der Waals surface area contributed by atoms with Crippen molar-refractivity contribution in [1.29, 1.82) is 0 Å². The lowest BCUT2D eigenvalue weighted by atomic mass is 10.3. The van der Waals surface area contributed by atoms with Crippen LogP contribution in [0.15, 0.2) is 24.3 Å². The summed E-state index contributed by atoms with van der Waals surface area (Å²) in [7, 11) is 1.62. The number of methoxy groups -OCH3 is 1. The van der Waals surface area contributed by atoms with Crippen LogP contribution in [0, 0.1) is 0 Å². The summed E-state index contributed by atoms with van der Waals surface area (Å²) >= 11 is 5.83. The first-order valence-electron chi connectivity index (χ1n) is 6.76. The summed E-state index contributed by atoms with van der Waals surface area (Å²) < 4.78 is 4.92. The van der Waals surface area contributed by atoms with Gasteiger partial charge in [0.25, 0.3) is 5.91 Å². The molecule has 0 bridgehead atoms. The SMILES string of the molecule is COCC[NH2+]CC(=O)N1CC(=O)N(c2ccc(Cl)cc2)C1. The first kappa shape index (κ1) is 15.8. The number of hydrogen-bond acceptors (Lipinski definition) is 3. The van der Waals surface area contributed by atoms with Gasteiger partial charge >= 0.3 is 0 Å². The van der Waals surface area contributed by atoms with Crippen LogP contribution in [0.4, 0.5) is 5.69 Å². The van der Waals surface area contributed by atoms with Crippen LogP contribution >= 0.6 is 11.6 Å². The summed E-state index contributed by atoms with van der Waals surface area (Å²) in [5.74, 6) is -0.126. The normalized spacial score (nSPS) is 14.9. The fraction of sp³-hybridized carbons (Fsp3) is 0.429. The molecular formula is C14H19ClN3O3+. The zero-order valence-corrected chi connectivity index (χ0v) is 12.7. The highest BCUT2D eigenvalue weighted by atomic mass is 35.5. The molecule has 1 saturated heterocycles. The molecule has 1 aliphatic heterocycles. The average molecular weight is 313 g/mol. The Kier molecular flexibility index (Phi) is 5.55. The van der Waals surface area contributed by atoms with Gasteiger partial charge in [0.15, 0.2) is 6.54 Å². The zero-order chi connectivity index (χ0) is 15.2. The van der Waals surface area contributed by atoms with E-state index in [0.717, 1.165) is 12.2 Å². The number of halogens is 1. The van der Waals surface area contributed by atoms with Gasteiger partial charge in [-0.3, -0.25) is 14.5 Å². The Balaban J connectivity index is 1.90. The number of benzene rings is 1. The van der Waals surface area contributed by atoms with Gasteiger partial charge in [0.05, 0.1) is 13.2 Å². The molecule has 2 rings (SSSR count). The van der Waals surface area contributed by atoms with E-state index < -0.39 is 0 Å². The topological polar surface area (TPSA) is 66.5 Å². The van der Waals surface area contributed by atoms with E-state index in [0.29, 0.717) is 18.2 Å². The van der Waals surface area contributed by atoms with Crippen LogP contribution in [0.5, 0.6) is 0 Å². The summed E-state index contributed by atoms with van der Waals surface area (Å²) in [4.78, 5) is 27.2. The molecule has 1 heterocycles. The third-order valence-corrected chi connectivity index (χ3v) is 3.53. The molecule has 0 aliphatic carbocycles. The van der Waals surface area contributed by atoms with Crippen LogP contribution in [-0.4, -0.2) is 56.7 Å². The first-order chi connectivity index (χ1) is 10.1. The van der Waals surface area contributed by atoms with Gasteiger partial charge < -0.3 is 15.0 Å². The summed E-state index contributed by atoms with van der Waals surface area (Å²) in [6.07, 6.45) is 0. The van der Waals surface area contributed by atoms with Crippen molar-refractivity contribution in [3.05, 3.63) is 29.3 Å². The third kappa shape index (κ3) is 4.17. The van der Waals surface area contributed by atoms with Crippen LogP contribution in [0.25, 0.3) is 0 Å². The van der Waals surface area contributed by atoms with Gasteiger partial charge in [0.2, 0.25) is 5.91 Å². The quantitative estimate of drug-likeness (QED) is 0.732. The molecular weight excluding hydrogens is 294 g/mol.